The number of unbranched alkanes of at least 4 members (excludes halogenated alkanes) is 11. The first-order valence-electron chi connectivity index (χ1n) is 17.1. The van der Waals surface area contributed by atoms with Gasteiger partial charge in [0.05, 0.1) is 4.75 Å². The van der Waals surface area contributed by atoms with E-state index in [9.17, 15) is 10.2 Å². The lowest BCUT2D eigenvalue weighted by Gasteiger charge is -2.36. The summed E-state index contributed by atoms with van der Waals surface area (Å²) in [6.07, 6.45) is 21.8. The summed E-state index contributed by atoms with van der Waals surface area (Å²) in [5, 5.41) is 21.6. The minimum atomic E-state index is -0.491. The van der Waals surface area contributed by atoms with E-state index in [0.29, 0.717) is 17.4 Å². The average molecular weight is 583 g/mol. The Labute approximate surface area is 259 Å². The Morgan fingerprint density at radius 3 is 1.41 bits per heavy atom. The smallest absolute Gasteiger partial charge is 0.119 e. The molecule has 0 aliphatic carbocycles. The summed E-state index contributed by atoms with van der Waals surface area (Å²) < 4.78 is -0.491. The van der Waals surface area contributed by atoms with E-state index in [1.54, 1.807) is 0 Å². The molecule has 2 nitrogen and oxygen atoms in total. The molecular weight excluding hydrogens is 520 g/mol. The molecular formula is C38H62O2S. The van der Waals surface area contributed by atoms with Gasteiger partial charge in [-0.3, -0.25) is 0 Å². The molecule has 0 radical (unpaired) electrons. The summed E-state index contributed by atoms with van der Waals surface area (Å²) in [6.45, 7) is 13.3. The Morgan fingerprint density at radius 2 is 1.00 bits per heavy atom. The van der Waals surface area contributed by atoms with E-state index in [1.807, 2.05) is 12.1 Å². The highest BCUT2D eigenvalue weighted by Crippen LogP contribution is 2.47. The van der Waals surface area contributed by atoms with Crippen molar-refractivity contribution in [2.75, 3.05) is 0 Å². The maximum Gasteiger partial charge on any atom is 0.119 e. The maximum atomic E-state index is 10.8. The minimum Gasteiger partial charge on any atom is -0.508 e. The lowest BCUT2D eigenvalue weighted by atomic mass is 9.77. The molecule has 3 heteroatoms. The van der Waals surface area contributed by atoms with Crippen LogP contribution in [0.3, 0.4) is 0 Å². The molecule has 2 aromatic rings. The highest BCUT2D eigenvalue weighted by Gasteiger charge is 2.36. The van der Waals surface area contributed by atoms with Crippen molar-refractivity contribution in [3.8, 4) is 11.5 Å². The standard InChI is InChI=1S/C38H62O2S/c1-7-10-13-14-15-16-17-18-19-20-21-29(4)28-38(41,34-26-32(22-11-8-2)36(39)24-30(34)5)35-27-33(23-12-9-3)37(40)25-31(35)6/h24-27,29,39-41H,7-23,28H2,1-6H3. The van der Waals surface area contributed by atoms with E-state index in [-0.39, 0.29) is 0 Å². The topological polar surface area (TPSA) is 40.5 Å². The van der Waals surface area contributed by atoms with Crippen molar-refractivity contribution >= 4 is 12.6 Å². The largest absolute Gasteiger partial charge is 0.508 e. The first-order valence-corrected chi connectivity index (χ1v) is 17.5. The second-order valence-electron chi connectivity index (χ2n) is 12.9. The number of rotatable bonds is 21. The second kappa shape index (κ2) is 18.8. The van der Waals surface area contributed by atoms with Crippen LogP contribution in [0.4, 0.5) is 0 Å². The molecule has 232 valence electrons. The number of thiol groups is 1. The van der Waals surface area contributed by atoms with Crippen LogP contribution >= 0.6 is 12.6 Å². The number of phenols is 2. The molecule has 0 aliphatic rings. The van der Waals surface area contributed by atoms with Crippen molar-refractivity contribution in [1.29, 1.82) is 0 Å². The third-order valence-corrected chi connectivity index (χ3v) is 9.70. The molecule has 1 unspecified atom stereocenters. The Kier molecular flexibility index (Phi) is 16.3. The summed E-state index contributed by atoms with van der Waals surface area (Å²) >= 11 is 5.58. The third kappa shape index (κ3) is 11.2. The highest BCUT2D eigenvalue weighted by molar-refractivity contribution is 7.81. The van der Waals surface area contributed by atoms with Gasteiger partial charge < -0.3 is 10.2 Å². The van der Waals surface area contributed by atoms with Gasteiger partial charge in [0.2, 0.25) is 0 Å². The van der Waals surface area contributed by atoms with Crippen molar-refractivity contribution in [1.82, 2.24) is 0 Å². The molecule has 0 aliphatic heterocycles. The average Bonchev–Trinajstić information content (AvgIpc) is 2.93. The zero-order valence-corrected chi connectivity index (χ0v) is 28.4. The molecule has 0 saturated heterocycles. The predicted octanol–water partition coefficient (Wildman–Crippen LogP) is 11.9. The van der Waals surface area contributed by atoms with E-state index >= 15 is 0 Å². The fourth-order valence-corrected chi connectivity index (χ4v) is 7.25. The fraction of sp³-hybridized carbons (Fsp3) is 0.684. The van der Waals surface area contributed by atoms with Crippen LogP contribution in [0.25, 0.3) is 0 Å². The van der Waals surface area contributed by atoms with Crippen LogP contribution in [0.15, 0.2) is 24.3 Å². The molecule has 1 atom stereocenters. The first-order chi connectivity index (χ1) is 19.7. The lowest BCUT2D eigenvalue weighted by molar-refractivity contribution is 0.418. The van der Waals surface area contributed by atoms with Gasteiger partial charge in [-0.05, 0) is 97.4 Å². The number of phenolic OH excluding ortho intramolecular Hbond substituents is 2. The van der Waals surface area contributed by atoms with Gasteiger partial charge in [0.15, 0.2) is 0 Å². The normalized spacial score (nSPS) is 12.7. The molecule has 0 spiro atoms. The number of hydrogen-bond donors (Lipinski definition) is 3. The molecule has 41 heavy (non-hydrogen) atoms. The molecule has 0 amide bonds. The van der Waals surface area contributed by atoms with Crippen molar-refractivity contribution < 1.29 is 10.2 Å². The molecule has 0 heterocycles. The van der Waals surface area contributed by atoms with Crippen molar-refractivity contribution in [2.24, 2.45) is 5.92 Å². The SMILES string of the molecule is CCCCCCCCCCCCC(C)CC(S)(c1cc(CCCC)c(O)cc1C)c1cc(CCCC)c(O)cc1C. The van der Waals surface area contributed by atoms with Crippen LogP contribution in [0.2, 0.25) is 0 Å². The third-order valence-electron chi connectivity index (χ3n) is 9.04. The van der Waals surface area contributed by atoms with Gasteiger partial charge in [0.25, 0.3) is 0 Å². The predicted molar refractivity (Wildman–Crippen MR) is 183 cm³/mol. The van der Waals surface area contributed by atoms with E-state index in [1.165, 1.54) is 81.8 Å². The van der Waals surface area contributed by atoms with Crippen LogP contribution in [0, 0.1) is 19.8 Å². The molecule has 2 aromatic carbocycles. The molecule has 0 fully saturated rings. The lowest BCUT2D eigenvalue weighted by Crippen LogP contribution is -2.27. The van der Waals surface area contributed by atoms with Gasteiger partial charge in [0.1, 0.15) is 11.5 Å². The van der Waals surface area contributed by atoms with Crippen LogP contribution < -0.4 is 0 Å². The Bertz CT molecular complexity index is 964. The number of aryl methyl sites for hydroxylation is 4. The Morgan fingerprint density at radius 1 is 0.610 bits per heavy atom. The van der Waals surface area contributed by atoms with E-state index in [0.717, 1.165) is 67.2 Å². The van der Waals surface area contributed by atoms with Crippen LogP contribution in [0.1, 0.15) is 164 Å². The zero-order chi connectivity index (χ0) is 30.3. The van der Waals surface area contributed by atoms with Gasteiger partial charge in [-0.2, -0.15) is 12.6 Å². The summed E-state index contributed by atoms with van der Waals surface area (Å²) in [5.41, 5.74) is 6.63. The number of hydrogen-bond acceptors (Lipinski definition) is 3. The Hall–Kier alpha value is -1.61. The Balaban J connectivity index is 2.26. The minimum absolute atomic E-state index is 0.403. The van der Waals surface area contributed by atoms with Gasteiger partial charge in [0, 0.05) is 0 Å². The highest BCUT2D eigenvalue weighted by atomic mass is 32.1. The van der Waals surface area contributed by atoms with Gasteiger partial charge in [-0.25, -0.2) is 0 Å². The zero-order valence-electron chi connectivity index (χ0n) is 27.5. The monoisotopic (exact) mass is 582 g/mol. The molecule has 0 bridgehead atoms. The van der Waals surface area contributed by atoms with E-state index in [2.05, 4.69) is 53.7 Å². The fourth-order valence-electron chi connectivity index (χ4n) is 6.45. The summed E-state index contributed by atoms with van der Waals surface area (Å²) in [5.74, 6) is 1.32. The van der Waals surface area contributed by atoms with E-state index < -0.39 is 4.75 Å². The van der Waals surface area contributed by atoms with Crippen molar-refractivity contribution in [3.05, 3.63) is 57.6 Å². The van der Waals surface area contributed by atoms with Crippen LogP contribution in [0.5, 0.6) is 11.5 Å². The second-order valence-corrected chi connectivity index (χ2v) is 13.7. The maximum absolute atomic E-state index is 10.8. The van der Waals surface area contributed by atoms with Crippen molar-refractivity contribution in [3.63, 3.8) is 0 Å². The van der Waals surface area contributed by atoms with Crippen molar-refractivity contribution in [2.45, 2.75) is 162 Å². The van der Waals surface area contributed by atoms with Crippen LogP contribution in [-0.4, -0.2) is 10.2 Å². The van der Waals surface area contributed by atoms with E-state index in [4.69, 9.17) is 12.6 Å². The van der Waals surface area contributed by atoms with Gasteiger partial charge in [-0.15, -0.1) is 0 Å². The summed E-state index contributed by atoms with van der Waals surface area (Å²) in [4.78, 5) is 0. The molecule has 0 aromatic heterocycles. The quantitative estimate of drug-likeness (QED) is 0.101. The molecule has 2 rings (SSSR count). The molecule has 2 N–H and O–H groups in total. The summed E-state index contributed by atoms with van der Waals surface area (Å²) in [7, 11) is 0. The number of aromatic hydroxyl groups is 2. The van der Waals surface area contributed by atoms with Crippen LogP contribution in [-0.2, 0) is 17.6 Å². The van der Waals surface area contributed by atoms with Gasteiger partial charge >= 0.3 is 0 Å². The molecule has 0 saturated carbocycles. The first kappa shape index (κ1) is 35.6. The van der Waals surface area contributed by atoms with Gasteiger partial charge in [-0.1, -0.05) is 123 Å². The summed E-state index contributed by atoms with van der Waals surface area (Å²) in [6, 6.07) is 8.37. The number of benzene rings is 2.